The fraction of sp³-hybridized carbons (Fsp3) is 0.200. The number of rotatable bonds is 7. The second kappa shape index (κ2) is 9.88. The van der Waals surface area contributed by atoms with E-state index in [0.717, 1.165) is 16.2 Å². The molecule has 0 atom stereocenters. The maximum absolute atomic E-state index is 12.8. The summed E-state index contributed by atoms with van der Waals surface area (Å²) in [4.78, 5) is 43.8. The zero-order chi connectivity index (χ0) is 24.2. The van der Waals surface area contributed by atoms with Crippen LogP contribution in [0.2, 0.25) is 0 Å². The molecule has 8 nitrogen and oxygen atoms in total. The number of carbonyl (C=O) groups is 2. The van der Waals surface area contributed by atoms with Gasteiger partial charge in [-0.25, -0.2) is 4.98 Å². The normalized spacial score (nSPS) is 10.8. The molecule has 0 bridgehead atoms. The van der Waals surface area contributed by atoms with Crippen molar-refractivity contribution in [1.82, 2.24) is 9.55 Å². The van der Waals surface area contributed by atoms with E-state index in [2.05, 4.69) is 15.6 Å². The van der Waals surface area contributed by atoms with Gasteiger partial charge in [-0.3, -0.25) is 19.0 Å². The minimum atomic E-state index is -0.362. The molecule has 174 valence electrons. The Morgan fingerprint density at radius 3 is 2.32 bits per heavy atom. The van der Waals surface area contributed by atoms with Crippen LogP contribution in [0.15, 0.2) is 59.7 Å². The molecule has 34 heavy (non-hydrogen) atoms. The predicted octanol–water partition coefficient (Wildman–Crippen LogP) is 4.36. The molecule has 4 rings (SSSR count). The molecule has 0 unspecified atom stereocenters. The van der Waals surface area contributed by atoms with Gasteiger partial charge in [-0.2, -0.15) is 0 Å². The first-order chi connectivity index (χ1) is 16.4. The number of nitrogens with one attached hydrogen (secondary N) is 2. The predicted molar refractivity (Wildman–Crippen MR) is 134 cm³/mol. The second-order valence-corrected chi connectivity index (χ2v) is 8.88. The van der Waals surface area contributed by atoms with Crippen LogP contribution in [0.4, 0.5) is 11.4 Å². The molecule has 2 aromatic heterocycles. The minimum Gasteiger partial charge on any atom is -0.494 e. The molecule has 0 spiro atoms. The van der Waals surface area contributed by atoms with Crippen molar-refractivity contribution in [1.29, 1.82) is 0 Å². The van der Waals surface area contributed by atoms with Gasteiger partial charge in [0.2, 0.25) is 5.91 Å². The molecule has 2 heterocycles. The van der Waals surface area contributed by atoms with E-state index in [-0.39, 0.29) is 23.9 Å². The number of aryl methyl sites for hydroxylation is 2. The van der Waals surface area contributed by atoms with Gasteiger partial charge in [0, 0.05) is 21.8 Å². The maximum Gasteiger partial charge on any atom is 0.262 e. The van der Waals surface area contributed by atoms with Crippen molar-refractivity contribution in [3.05, 3.63) is 81.2 Å². The molecule has 2 N–H and O–H groups in total. The molecular formula is C25H24N4O4S. The van der Waals surface area contributed by atoms with Gasteiger partial charge in [-0.05, 0) is 74.9 Å². The summed E-state index contributed by atoms with van der Waals surface area (Å²) in [5, 5.41) is 6.13. The van der Waals surface area contributed by atoms with Crippen molar-refractivity contribution in [3.8, 4) is 5.75 Å². The third kappa shape index (κ3) is 4.99. The van der Waals surface area contributed by atoms with E-state index >= 15 is 0 Å². The average molecular weight is 477 g/mol. The van der Waals surface area contributed by atoms with Gasteiger partial charge in [0.05, 0.1) is 18.3 Å². The first kappa shape index (κ1) is 23.2. The Morgan fingerprint density at radius 1 is 1.00 bits per heavy atom. The summed E-state index contributed by atoms with van der Waals surface area (Å²) in [7, 11) is 0. The third-order valence-corrected chi connectivity index (χ3v) is 6.44. The lowest BCUT2D eigenvalue weighted by Gasteiger charge is -2.09. The summed E-state index contributed by atoms with van der Waals surface area (Å²) in [5.41, 5.74) is 2.28. The molecular weight excluding hydrogens is 452 g/mol. The Bertz CT molecular complexity index is 1410. The highest BCUT2D eigenvalue weighted by molar-refractivity contribution is 7.18. The Balaban J connectivity index is 1.38. The molecule has 0 radical (unpaired) electrons. The highest BCUT2D eigenvalue weighted by Crippen LogP contribution is 2.25. The van der Waals surface area contributed by atoms with Gasteiger partial charge < -0.3 is 15.4 Å². The van der Waals surface area contributed by atoms with E-state index in [9.17, 15) is 14.4 Å². The Kier molecular flexibility index (Phi) is 6.74. The van der Waals surface area contributed by atoms with Crippen LogP contribution in [-0.4, -0.2) is 28.0 Å². The summed E-state index contributed by atoms with van der Waals surface area (Å²) < 4.78 is 6.70. The molecule has 0 aliphatic rings. The van der Waals surface area contributed by atoms with Gasteiger partial charge in [0.25, 0.3) is 11.5 Å². The van der Waals surface area contributed by atoms with Gasteiger partial charge >= 0.3 is 0 Å². The molecule has 9 heteroatoms. The van der Waals surface area contributed by atoms with Gasteiger partial charge in [-0.1, -0.05) is 0 Å². The number of carbonyl (C=O) groups excluding carboxylic acids is 2. The zero-order valence-electron chi connectivity index (χ0n) is 19.0. The molecule has 2 aromatic carbocycles. The van der Waals surface area contributed by atoms with Crippen molar-refractivity contribution in [3.63, 3.8) is 0 Å². The summed E-state index contributed by atoms with van der Waals surface area (Å²) in [5.74, 6) is 0.105. The fourth-order valence-electron chi connectivity index (χ4n) is 3.45. The fourth-order valence-corrected chi connectivity index (χ4v) is 4.43. The maximum atomic E-state index is 12.8. The number of fused-ring (bicyclic) bond motifs is 1. The summed E-state index contributed by atoms with van der Waals surface area (Å²) in [6.45, 7) is 6.15. The van der Waals surface area contributed by atoms with Crippen LogP contribution >= 0.6 is 11.3 Å². The topological polar surface area (TPSA) is 102 Å². The lowest BCUT2D eigenvalue weighted by Crippen LogP contribution is -2.27. The monoisotopic (exact) mass is 476 g/mol. The molecule has 0 saturated heterocycles. The van der Waals surface area contributed by atoms with Gasteiger partial charge in [0.15, 0.2) is 0 Å². The first-order valence-electron chi connectivity index (χ1n) is 10.7. The van der Waals surface area contributed by atoms with E-state index in [1.165, 1.54) is 22.2 Å². The van der Waals surface area contributed by atoms with Crippen LogP contribution in [-0.2, 0) is 11.3 Å². The number of anilines is 2. The van der Waals surface area contributed by atoms with Gasteiger partial charge in [-0.15, -0.1) is 11.3 Å². The number of amides is 2. The summed E-state index contributed by atoms with van der Waals surface area (Å²) in [6, 6.07) is 13.6. The molecule has 2 amide bonds. The smallest absolute Gasteiger partial charge is 0.262 e. The van der Waals surface area contributed by atoms with Gasteiger partial charge in [0.1, 0.15) is 17.1 Å². The molecule has 0 aliphatic carbocycles. The van der Waals surface area contributed by atoms with Crippen molar-refractivity contribution in [2.45, 2.75) is 27.3 Å². The van der Waals surface area contributed by atoms with Crippen LogP contribution < -0.4 is 20.9 Å². The lowest BCUT2D eigenvalue weighted by molar-refractivity contribution is -0.116. The van der Waals surface area contributed by atoms with Crippen LogP contribution in [0.5, 0.6) is 5.75 Å². The number of thiophene rings is 1. The average Bonchev–Trinajstić information content (AvgIpc) is 3.11. The highest BCUT2D eigenvalue weighted by atomic mass is 32.1. The standard InChI is InChI=1S/C25H24N4O4S/c1-4-33-20-11-9-19(10-12-20)28-23(31)17-5-7-18(8-6-17)27-21(30)13-29-14-26-24-22(25(29)32)15(2)16(3)34-24/h5-12,14H,4,13H2,1-3H3,(H,27,30)(H,28,31). The Labute approximate surface area is 200 Å². The number of benzene rings is 2. The van der Waals surface area contributed by atoms with E-state index < -0.39 is 0 Å². The SMILES string of the molecule is CCOc1ccc(NC(=O)c2ccc(NC(=O)Cn3cnc4sc(C)c(C)c4c3=O)cc2)cc1. The van der Waals surface area contributed by atoms with E-state index in [4.69, 9.17) is 4.74 Å². The third-order valence-electron chi connectivity index (χ3n) is 5.32. The van der Waals surface area contributed by atoms with E-state index in [1.807, 2.05) is 20.8 Å². The van der Waals surface area contributed by atoms with Crippen molar-refractivity contribution in [2.24, 2.45) is 0 Å². The first-order valence-corrected chi connectivity index (χ1v) is 11.6. The van der Waals surface area contributed by atoms with Crippen LogP contribution in [0.3, 0.4) is 0 Å². The minimum absolute atomic E-state index is 0.157. The van der Waals surface area contributed by atoms with Crippen LogP contribution in [0.25, 0.3) is 10.2 Å². The number of hydrogen-bond acceptors (Lipinski definition) is 6. The molecule has 0 saturated carbocycles. The number of nitrogens with zero attached hydrogens (tertiary/aromatic N) is 2. The summed E-state index contributed by atoms with van der Waals surface area (Å²) in [6.07, 6.45) is 1.40. The second-order valence-electron chi connectivity index (χ2n) is 7.68. The lowest BCUT2D eigenvalue weighted by atomic mass is 10.2. The van der Waals surface area contributed by atoms with Crippen LogP contribution in [0, 0.1) is 13.8 Å². The largest absolute Gasteiger partial charge is 0.494 e. The van der Waals surface area contributed by atoms with E-state index in [1.54, 1.807) is 48.5 Å². The number of aromatic nitrogens is 2. The molecule has 0 aliphatic heterocycles. The van der Waals surface area contributed by atoms with Crippen molar-refractivity contribution in [2.75, 3.05) is 17.2 Å². The molecule has 4 aromatic rings. The molecule has 0 fully saturated rings. The van der Waals surface area contributed by atoms with Crippen LogP contribution in [0.1, 0.15) is 27.7 Å². The van der Waals surface area contributed by atoms with E-state index in [0.29, 0.717) is 33.8 Å². The quantitative estimate of drug-likeness (QED) is 0.413. The number of hydrogen-bond donors (Lipinski definition) is 2. The Morgan fingerprint density at radius 2 is 1.65 bits per heavy atom. The summed E-state index contributed by atoms with van der Waals surface area (Å²) >= 11 is 1.47. The Hall–Kier alpha value is -3.98. The zero-order valence-corrected chi connectivity index (χ0v) is 19.9. The van der Waals surface area contributed by atoms with Crippen molar-refractivity contribution < 1.29 is 14.3 Å². The highest BCUT2D eigenvalue weighted by Gasteiger charge is 2.14. The van der Waals surface area contributed by atoms with Crippen molar-refractivity contribution >= 4 is 44.7 Å². The number of ether oxygens (including phenoxy) is 1.